The first-order valence-corrected chi connectivity index (χ1v) is 5.64. The highest BCUT2D eigenvalue weighted by Crippen LogP contribution is 2.26. The van der Waals surface area contributed by atoms with E-state index < -0.39 is 0 Å². The van der Waals surface area contributed by atoms with Gasteiger partial charge in [0.2, 0.25) is 0 Å². The highest BCUT2D eigenvalue weighted by molar-refractivity contribution is 5.27. The molecule has 1 aliphatic carbocycles. The molecule has 0 heterocycles. The van der Waals surface area contributed by atoms with Crippen molar-refractivity contribution in [3.8, 4) is 5.75 Å². The number of hydrogen-bond acceptors (Lipinski definition) is 1. The quantitative estimate of drug-likeness (QED) is 0.661. The van der Waals surface area contributed by atoms with E-state index in [-0.39, 0.29) is 0 Å². The van der Waals surface area contributed by atoms with Crippen molar-refractivity contribution in [2.75, 3.05) is 0 Å². The van der Waals surface area contributed by atoms with Gasteiger partial charge < -0.3 is 4.74 Å². The van der Waals surface area contributed by atoms with Crippen molar-refractivity contribution in [2.24, 2.45) is 0 Å². The van der Waals surface area contributed by atoms with Crippen LogP contribution in [0.3, 0.4) is 0 Å². The zero-order chi connectivity index (χ0) is 10.7. The Morgan fingerprint density at radius 3 is 2.67 bits per heavy atom. The molecule has 0 N–H and O–H groups in total. The molecule has 0 amide bonds. The van der Waals surface area contributed by atoms with Crippen molar-refractivity contribution in [2.45, 2.75) is 38.7 Å². The van der Waals surface area contributed by atoms with E-state index in [2.05, 4.69) is 25.6 Å². The molecular weight excluding hydrogens is 184 g/mol. The van der Waals surface area contributed by atoms with Crippen LogP contribution in [0.15, 0.2) is 36.4 Å². The van der Waals surface area contributed by atoms with Crippen molar-refractivity contribution in [1.29, 1.82) is 0 Å². The van der Waals surface area contributed by atoms with Crippen molar-refractivity contribution in [3.05, 3.63) is 42.0 Å². The second-order valence-corrected chi connectivity index (χ2v) is 4.38. The third-order valence-electron chi connectivity index (χ3n) is 2.93. The lowest BCUT2D eigenvalue weighted by Crippen LogP contribution is -2.20. The first-order chi connectivity index (χ1) is 7.24. The van der Waals surface area contributed by atoms with Crippen LogP contribution in [0.2, 0.25) is 0 Å². The molecule has 1 heteroatoms. The number of aryl methyl sites for hydroxylation is 1. The third-order valence-corrected chi connectivity index (χ3v) is 2.93. The molecule has 1 saturated carbocycles. The standard InChI is InChI=1S/C14H18O/c1-11-6-8-13(9-7-11)15-14-5-3-4-12(2)10-14/h3-5,10,13H,1,6-9H2,2H3. The van der Waals surface area contributed by atoms with E-state index in [1.807, 2.05) is 12.1 Å². The smallest absolute Gasteiger partial charge is 0.119 e. The lowest BCUT2D eigenvalue weighted by Gasteiger charge is -2.24. The lowest BCUT2D eigenvalue weighted by molar-refractivity contribution is 0.169. The second-order valence-electron chi connectivity index (χ2n) is 4.38. The minimum atomic E-state index is 0.386. The molecule has 15 heavy (non-hydrogen) atoms. The maximum absolute atomic E-state index is 5.94. The highest BCUT2D eigenvalue weighted by atomic mass is 16.5. The Hall–Kier alpha value is -1.24. The van der Waals surface area contributed by atoms with Crippen LogP contribution in [0.1, 0.15) is 31.2 Å². The fourth-order valence-electron chi connectivity index (χ4n) is 2.00. The lowest BCUT2D eigenvalue weighted by atomic mass is 9.94. The Bertz CT molecular complexity index is 344. The molecule has 0 bridgehead atoms. The summed E-state index contributed by atoms with van der Waals surface area (Å²) < 4.78 is 5.94. The fraction of sp³-hybridized carbons (Fsp3) is 0.429. The first kappa shape index (κ1) is 10.3. The van der Waals surface area contributed by atoms with Crippen LogP contribution in [0, 0.1) is 6.92 Å². The predicted molar refractivity (Wildman–Crippen MR) is 63.2 cm³/mol. The molecule has 0 spiro atoms. The van der Waals surface area contributed by atoms with Crippen LogP contribution in [0.5, 0.6) is 5.75 Å². The second kappa shape index (κ2) is 4.52. The summed E-state index contributed by atoms with van der Waals surface area (Å²) in [6.07, 6.45) is 4.87. The first-order valence-electron chi connectivity index (χ1n) is 5.64. The van der Waals surface area contributed by atoms with Crippen molar-refractivity contribution >= 4 is 0 Å². The summed E-state index contributed by atoms with van der Waals surface area (Å²) in [7, 11) is 0. The zero-order valence-corrected chi connectivity index (χ0v) is 9.33. The van der Waals surface area contributed by atoms with E-state index in [1.165, 1.54) is 11.1 Å². The zero-order valence-electron chi connectivity index (χ0n) is 9.33. The van der Waals surface area contributed by atoms with Crippen molar-refractivity contribution < 1.29 is 4.74 Å². The highest BCUT2D eigenvalue weighted by Gasteiger charge is 2.16. The number of benzene rings is 1. The Balaban J connectivity index is 1.94. The van der Waals surface area contributed by atoms with Crippen molar-refractivity contribution in [1.82, 2.24) is 0 Å². The van der Waals surface area contributed by atoms with Crippen molar-refractivity contribution in [3.63, 3.8) is 0 Å². The van der Waals surface area contributed by atoms with Crippen LogP contribution < -0.4 is 4.74 Å². The minimum absolute atomic E-state index is 0.386. The topological polar surface area (TPSA) is 9.23 Å². The molecule has 0 aliphatic heterocycles. The molecule has 1 aromatic rings. The van der Waals surface area contributed by atoms with E-state index in [4.69, 9.17) is 4.74 Å². The van der Waals surface area contributed by atoms with Gasteiger partial charge in [-0.3, -0.25) is 0 Å². The van der Waals surface area contributed by atoms with Gasteiger partial charge in [-0.05, 0) is 50.3 Å². The monoisotopic (exact) mass is 202 g/mol. The average Bonchev–Trinajstić information content (AvgIpc) is 2.22. The summed E-state index contributed by atoms with van der Waals surface area (Å²) in [5, 5.41) is 0. The Morgan fingerprint density at radius 1 is 1.27 bits per heavy atom. The molecule has 0 radical (unpaired) electrons. The SMILES string of the molecule is C=C1CCC(Oc2cccc(C)c2)CC1. The van der Waals surface area contributed by atoms with Gasteiger partial charge in [0.1, 0.15) is 5.75 Å². The maximum Gasteiger partial charge on any atom is 0.119 e. The molecule has 1 aromatic carbocycles. The van der Waals surface area contributed by atoms with Gasteiger partial charge in [0.05, 0.1) is 6.10 Å². The van der Waals surface area contributed by atoms with Gasteiger partial charge in [-0.2, -0.15) is 0 Å². The molecule has 80 valence electrons. The molecule has 1 nitrogen and oxygen atoms in total. The molecule has 1 fully saturated rings. The maximum atomic E-state index is 5.94. The largest absolute Gasteiger partial charge is 0.490 e. The Kier molecular flexibility index (Phi) is 3.10. The minimum Gasteiger partial charge on any atom is -0.490 e. The van der Waals surface area contributed by atoms with Gasteiger partial charge in [-0.15, -0.1) is 0 Å². The van der Waals surface area contributed by atoms with Crippen LogP contribution in [-0.4, -0.2) is 6.10 Å². The summed E-state index contributed by atoms with van der Waals surface area (Å²) >= 11 is 0. The number of allylic oxidation sites excluding steroid dienone is 1. The summed E-state index contributed by atoms with van der Waals surface area (Å²) in [4.78, 5) is 0. The van der Waals surface area contributed by atoms with Gasteiger partial charge in [0.25, 0.3) is 0 Å². The van der Waals surface area contributed by atoms with Crippen LogP contribution in [-0.2, 0) is 0 Å². The molecule has 0 atom stereocenters. The summed E-state index contributed by atoms with van der Waals surface area (Å²) in [5.41, 5.74) is 2.63. The Labute approximate surface area is 91.8 Å². The molecular formula is C14H18O. The molecule has 2 rings (SSSR count). The van der Waals surface area contributed by atoms with E-state index >= 15 is 0 Å². The van der Waals surface area contributed by atoms with Gasteiger partial charge in [-0.1, -0.05) is 24.3 Å². The fourth-order valence-corrected chi connectivity index (χ4v) is 2.00. The number of hydrogen-bond donors (Lipinski definition) is 0. The normalized spacial score (nSPS) is 17.8. The van der Waals surface area contributed by atoms with Gasteiger partial charge in [-0.25, -0.2) is 0 Å². The van der Waals surface area contributed by atoms with Crippen LogP contribution in [0.4, 0.5) is 0 Å². The number of ether oxygens (including phenoxy) is 1. The molecule has 0 unspecified atom stereocenters. The molecule has 1 aliphatic rings. The van der Waals surface area contributed by atoms with E-state index in [0.717, 1.165) is 31.4 Å². The predicted octanol–water partition coefficient (Wildman–Crippen LogP) is 3.87. The van der Waals surface area contributed by atoms with Crippen LogP contribution >= 0.6 is 0 Å². The third kappa shape index (κ3) is 2.85. The van der Waals surface area contributed by atoms with E-state index in [0.29, 0.717) is 6.10 Å². The van der Waals surface area contributed by atoms with Crippen LogP contribution in [0.25, 0.3) is 0 Å². The summed E-state index contributed by atoms with van der Waals surface area (Å²) in [6, 6.07) is 8.28. The summed E-state index contributed by atoms with van der Waals surface area (Å²) in [6.45, 7) is 6.11. The van der Waals surface area contributed by atoms with E-state index in [1.54, 1.807) is 0 Å². The number of rotatable bonds is 2. The summed E-state index contributed by atoms with van der Waals surface area (Å²) in [5.74, 6) is 1.01. The molecule has 0 saturated heterocycles. The average molecular weight is 202 g/mol. The van der Waals surface area contributed by atoms with E-state index in [9.17, 15) is 0 Å². The van der Waals surface area contributed by atoms with Gasteiger partial charge in [0, 0.05) is 0 Å². The Morgan fingerprint density at radius 2 is 2.00 bits per heavy atom. The molecule has 0 aromatic heterocycles. The van der Waals surface area contributed by atoms with Gasteiger partial charge >= 0.3 is 0 Å². The van der Waals surface area contributed by atoms with Gasteiger partial charge in [0.15, 0.2) is 0 Å².